The van der Waals surface area contributed by atoms with Gasteiger partial charge in [0.2, 0.25) is 6.79 Å². The lowest BCUT2D eigenvalue weighted by atomic mass is 10.0. The second-order valence-corrected chi connectivity index (χ2v) is 8.99. The van der Waals surface area contributed by atoms with Gasteiger partial charge in [-0.2, -0.15) is 5.26 Å². The predicted molar refractivity (Wildman–Crippen MR) is 135 cm³/mol. The maximum absolute atomic E-state index is 9.76. The molecule has 7 heteroatoms. The van der Waals surface area contributed by atoms with Crippen LogP contribution < -0.4 is 18.9 Å². The van der Waals surface area contributed by atoms with E-state index in [0.717, 1.165) is 24.7 Å². The van der Waals surface area contributed by atoms with Crippen LogP contribution in [0.3, 0.4) is 0 Å². The molecule has 0 bridgehead atoms. The van der Waals surface area contributed by atoms with Crippen molar-refractivity contribution in [2.24, 2.45) is 0 Å². The van der Waals surface area contributed by atoms with E-state index >= 15 is 0 Å². The van der Waals surface area contributed by atoms with Gasteiger partial charge in [0.1, 0.15) is 6.61 Å². The third-order valence-corrected chi connectivity index (χ3v) is 6.07. The summed E-state index contributed by atoms with van der Waals surface area (Å²) in [4.78, 5) is 0. The van der Waals surface area contributed by atoms with Gasteiger partial charge in [0.15, 0.2) is 23.0 Å². The first-order valence-electron chi connectivity index (χ1n) is 9.92. The average Bonchev–Trinajstić information content (AvgIpc) is 3.26. The average molecular weight is 604 g/mol. The summed E-state index contributed by atoms with van der Waals surface area (Å²) in [6.45, 7) is 3.06. The minimum Gasteiger partial charge on any atom is -0.490 e. The summed E-state index contributed by atoms with van der Waals surface area (Å²) in [5.74, 6) is 2.66. The minimum absolute atomic E-state index is 0.196. The van der Waals surface area contributed by atoms with Crippen LogP contribution in [-0.2, 0) is 6.61 Å². The van der Waals surface area contributed by atoms with Gasteiger partial charge in [0, 0.05) is 4.47 Å². The van der Waals surface area contributed by atoms with Gasteiger partial charge in [-0.05, 0) is 94.7 Å². The number of halogens is 2. The highest BCUT2D eigenvalue weighted by Crippen LogP contribution is 2.37. The van der Waals surface area contributed by atoms with Gasteiger partial charge in [0.05, 0.1) is 21.8 Å². The van der Waals surface area contributed by atoms with Gasteiger partial charge in [-0.25, -0.2) is 0 Å². The highest BCUT2D eigenvalue weighted by Gasteiger charge is 2.16. The molecular formula is C25H19BrINO4. The number of ether oxygens (including phenoxy) is 4. The second-order valence-electron chi connectivity index (χ2n) is 6.92. The van der Waals surface area contributed by atoms with Gasteiger partial charge in [0.25, 0.3) is 0 Å². The molecule has 1 aliphatic heterocycles. The minimum atomic E-state index is 0.196. The third-order valence-electron chi connectivity index (χ3n) is 4.74. The quantitative estimate of drug-likeness (QED) is 0.168. The molecule has 0 N–H and O–H groups in total. The van der Waals surface area contributed by atoms with Crippen LogP contribution in [0.1, 0.15) is 23.6 Å². The Morgan fingerprint density at radius 1 is 1.09 bits per heavy atom. The number of nitriles is 1. The molecule has 0 atom stereocenters. The topological polar surface area (TPSA) is 60.7 Å². The molecule has 0 saturated carbocycles. The maximum atomic E-state index is 9.76. The molecular weight excluding hydrogens is 585 g/mol. The summed E-state index contributed by atoms with van der Waals surface area (Å²) < 4.78 is 24.7. The fourth-order valence-electron chi connectivity index (χ4n) is 3.22. The first-order chi connectivity index (χ1) is 15.6. The molecule has 0 aliphatic carbocycles. The van der Waals surface area contributed by atoms with E-state index in [-0.39, 0.29) is 6.79 Å². The number of hydrogen-bond donors (Lipinski definition) is 0. The first kappa shape index (κ1) is 22.5. The van der Waals surface area contributed by atoms with Gasteiger partial charge in [-0.1, -0.05) is 28.1 Å². The summed E-state index contributed by atoms with van der Waals surface area (Å²) >= 11 is 5.68. The zero-order valence-electron chi connectivity index (χ0n) is 17.2. The Balaban J connectivity index is 1.62. The van der Waals surface area contributed by atoms with Crippen LogP contribution in [0.5, 0.6) is 23.0 Å². The molecule has 1 aliphatic rings. The zero-order valence-corrected chi connectivity index (χ0v) is 21.0. The van der Waals surface area contributed by atoms with Crippen LogP contribution in [-0.4, -0.2) is 13.4 Å². The highest BCUT2D eigenvalue weighted by molar-refractivity contribution is 14.1. The molecule has 162 valence electrons. The van der Waals surface area contributed by atoms with Crippen molar-refractivity contribution in [1.82, 2.24) is 0 Å². The van der Waals surface area contributed by atoms with E-state index in [1.807, 2.05) is 67.6 Å². The van der Waals surface area contributed by atoms with E-state index < -0.39 is 0 Å². The number of rotatable bonds is 7. The van der Waals surface area contributed by atoms with Crippen LogP contribution in [0, 0.1) is 14.9 Å². The van der Waals surface area contributed by atoms with Crippen molar-refractivity contribution in [3.8, 4) is 29.1 Å². The predicted octanol–water partition coefficient (Wildman–Crippen LogP) is 6.82. The molecule has 3 aromatic rings. The number of allylic oxidation sites excluding steroid dienone is 1. The molecule has 4 rings (SSSR count). The monoisotopic (exact) mass is 603 g/mol. The van der Waals surface area contributed by atoms with Crippen molar-refractivity contribution in [3.63, 3.8) is 0 Å². The molecule has 1 heterocycles. The van der Waals surface area contributed by atoms with Crippen molar-refractivity contribution < 1.29 is 18.9 Å². The van der Waals surface area contributed by atoms with Crippen molar-refractivity contribution >= 4 is 50.2 Å². The zero-order chi connectivity index (χ0) is 22.5. The van der Waals surface area contributed by atoms with E-state index in [9.17, 15) is 5.26 Å². The number of fused-ring (bicyclic) bond motifs is 1. The fourth-order valence-corrected chi connectivity index (χ4v) is 4.27. The molecule has 0 radical (unpaired) electrons. The van der Waals surface area contributed by atoms with Gasteiger partial charge in [-0.15, -0.1) is 0 Å². The van der Waals surface area contributed by atoms with E-state index in [0.29, 0.717) is 41.8 Å². The van der Waals surface area contributed by atoms with Gasteiger partial charge in [-0.3, -0.25) is 0 Å². The molecule has 0 fully saturated rings. The summed E-state index contributed by atoms with van der Waals surface area (Å²) in [7, 11) is 0. The standard InChI is InChI=1S/C25H19BrINO4/c1-2-29-24-11-17(9-19(13-28)18-5-8-22-23(12-18)32-15-31-22)10-21(27)25(24)30-14-16-3-6-20(26)7-4-16/h3-12H,2,14-15H2,1H3/b19-9-. The Morgan fingerprint density at radius 2 is 1.88 bits per heavy atom. The molecule has 0 saturated heterocycles. The number of hydrogen-bond acceptors (Lipinski definition) is 5. The Labute approximate surface area is 208 Å². The Morgan fingerprint density at radius 3 is 2.62 bits per heavy atom. The van der Waals surface area contributed by atoms with Crippen molar-refractivity contribution in [3.05, 3.63) is 79.3 Å². The molecule has 5 nitrogen and oxygen atoms in total. The second kappa shape index (κ2) is 10.3. The van der Waals surface area contributed by atoms with Crippen molar-refractivity contribution in [2.75, 3.05) is 13.4 Å². The smallest absolute Gasteiger partial charge is 0.231 e. The molecule has 0 aromatic heterocycles. The Hall–Kier alpha value is -2.70. The third kappa shape index (κ3) is 5.19. The fraction of sp³-hybridized carbons (Fsp3) is 0.160. The molecule has 0 amide bonds. The van der Waals surface area contributed by atoms with E-state index in [1.165, 1.54) is 0 Å². The maximum Gasteiger partial charge on any atom is 0.231 e. The van der Waals surface area contributed by atoms with E-state index in [2.05, 4.69) is 44.6 Å². The van der Waals surface area contributed by atoms with Crippen LogP contribution in [0.15, 0.2) is 59.1 Å². The summed E-state index contributed by atoms with van der Waals surface area (Å²) in [6.07, 6.45) is 1.83. The largest absolute Gasteiger partial charge is 0.490 e. The molecule has 0 spiro atoms. The summed E-state index contributed by atoms with van der Waals surface area (Å²) in [5, 5.41) is 9.76. The molecule has 0 unspecified atom stereocenters. The van der Waals surface area contributed by atoms with Crippen molar-refractivity contribution in [2.45, 2.75) is 13.5 Å². The van der Waals surface area contributed by atoms with Crippen molar-refractivity contribution in [1.29, 1.82) is 5.26 Å². The highest BCUT2D eigenvalue weighted by atomic mass is 127. The lowest BCUT2D eigenvalue weighted by Gasteiger charge is -2.15. The van der Waals surface area contributed by atoms with E-state index in [1.54, 1.807) is 0 Å². The first-order valence-corrected chi connectivity index (χ1v) is 11.8. The SMILES string of the molecule is CCOc1cc(/C=C(/C#N)c2ccc3c(c2)OCO3)cc(I)c1OCc1ccc(Br)cc1. The summed E-state index contributed by atoms with van der Waals surface area (Å²) in [5.41, 5.74) is 3.19. The van der Waals surface area contributed by atoms with Crippen LogP contribution in [0.2, 0.25) is 0 Å². The Bertz CT molecular complexity index is 1200. The lowest BCUT2D eigenvalue weighted by Crippen LogP contribution is -2.02. The lowest BCUT2D eigenvalue weighted by molar-refractivity contribution is 0.174. The van der Waals surface area contributed by atoms with Crippen LogP contribution in [0.4, 0.5) is 0 Å². The number of nitrogens with zero attached hydrogens (tertiary/aromatic N) is 1. The summed E-state index contributed by atoms with van der Waals surface area (Å²) in [6, 6.07) is 19.6. The molecule has 3 aromatic carbocycles. The molecule has 32 heavy (non-hydrogen) atoms. The van der Waals surface area contributed by atoms with Gasteiger partial charge < -0.3 is 18.9 Å². The Kier molecular flexibility index (Phi) is 7.22. The van der Waals surface area contributed by atoms with E-state index in [4.69, 9.17) is 18.9 Å². The number of benzene rings is 3. The van der Waals surface area contributed by atoms with Crippen LogP contribution >= 0.6 is 38.5 Å². The normalized spacial score (nSPS) is 12.4. The van der Waals surface area contributed by atoms with Gasteiger partial charge >= 0.3 is 0 Å². The van der Waals surface area contributed by atoms with Crippen LogP contribution in [0.25, 0.3) is 11.6 Å².